The molecule has 0 rings (SSSR count). The second kappa shape index (κ2) is 8.80. The highest BCUT2D eigenvalue weighted by Crippen LogP contribution is 2.11. The third-order valence-electron chi connectivity index (χ3n) is 2.17. The van der Waals surface area contributed by atoms with Crippen molar-refractivity contribution in [2.75, 3.05) is 0 Å². The number of rotatable bonds is 6. The SMILES string of the molecule is CC/C=C/C=C(\C=C(/C)CCC)CC. The van der Waals surface area contributed by atoms with Crippen molar-refractivity contribution in [2.45, 2.75) is 53.4 Å². The van der Waals surface area contributed by atoms with E-state index in [9.17, 15) is 0 Å². The molecule has 0 nitrogen and oxygen atoms in total. The van der Waals surface area contributed by atoms with E-state index in [1.54, 1.807) is 0 Å². The molecular weight excluding hydrogens is 168 g/mol. The van der Waals surface area contributed by atoms with Gasteiger partial charge in [0.15, 0.2) is 0 Å². The predicted octanol–water partition coefficient (Wildman–Crippen LogP) is 5.04. The quantitative estimate of drug-likeness (QED) is 0.517. The Morgan fingerprint density at radius 3 is 2.36 bits per heavy atom. The highest BCUT2D eigenvalue weighted by molar-refractivity contribution is 5.26. The van der Waals surface area contributed by atoms with Gasteiger partial charge in [0.1, 0.15) is 0 Å². The molecule has 0 aliphatic rings. The van der Waals surface area contributed by atoms with E-state index in [-0.39, 0.29) is 0 Å². The van der Waals surface area contributed by atoms with Crippen LogP contribution in [0, 0.1) is 0 Å². The molecule has 0 saturated heterocycles. The van der Waals surface area contributed by atoms with Crippen LogP contribution in [0.2, 0.25) is 0 Å². The van der Waals surface area contributed by atoms with Crippen molar-refractivity contribution in [3.05, 3.63) is 35.5 Å². The molecule has 0 aliphatic carbocycles. The summed E-state index contributed by atoms with van der Waals surface area (Å²) in [6, 6.07) is 0. The van der Waals surface area contributed by atoms with Crippen molar-refractivity contribution in [3.63, 3.8) is 0 Å². The first-order valence-electron chi connectivity index (χ1n) is 5.77. The third kappa shape index (κ3) is 6.71. The Kier molecular flexibility index (Phi) is 8.31. The zero-order valence-electron chi connectivity index (χ0n) is 10.1. The Morgan fingerprint density at radius 1 is 1.14 bits per heavy atom. The molecule has 80 valence electrons. The topological polar surface area (TPSA) is 0 Å². The molecule has 0 amide bonds. The van der Waals surface area contributed by atoms with Gasteiger partial charge in [-0.2, -0.15) is 0 Å². The number of hydrogen-bond acceptors (Lipinski definition) is 0. The van der Waals surface area contributed by atoms with Crippen LogP contribution in [0.4, 0.5) is 0 Å². The molecule has 14 heavy (non-hydrogen) atoms. The van der Waals surface area contributed by atoms with Gasteiger partial charge >= 0.3 is 0 Å². The lowest BCUT2D eigenvalue weighted by Crippen LogP contribution is -1.79. The second-order valence-electron chi connectivity index (χ2n) is 3.67. The Hall–Kier alpha value is -0.780. The Morgan fingerprint density at radius 2 is 1.86 bits per heavy atom. The van der Waals surface area contributed by atoms with E-state index in [0.717, 1.165) is 12.8 Å². The van der Waals surface area contributed by atoms with Crippen LogP contribution in [-0.4, -0.2) is 0 Å². The molecular formula is C14H24. The fraction of sp³-hybridized carbons (Fsp3) is 0.571. The van der Waals surface area contributed by atoms with Crippen LogP contribution in [0.25, 0.3) is 0 Å². The van der Waals surface area contributed by atoms with Crippen LogP contribution in [0.1, 0.15) is 53.4 Å². The lowest BCUT2D eigenvalue weighted by atomic mass is 10.1. The van der Waals surface area contributed by atoms with Crippen molar-refractivity contribution in [3.8, 4) is 0 Å². The lowest BCUT2D eigenvalue weighted by Gasteiger charge is -2.00. The van der Waals surface area contributed by atoms with Gasteiger partial charge in [0.25, 0.3) is 0 Å². The minimum atomic E-state index is 1.12. The Bertz CT molecular complexity index is 213. The maximum absolute atomic E-state index is 2.32. The van der Waals surface area contributed by atoms with Gasteiger partial charge < -0.3 is 0 Å². The van der Waals surface area contributed by atoms with Crippen LogP contribution in [0.5, 0.6) is 0 Å². The summed E-state index contributed by atoms with van der Waals surface area (Å²) < 4.78 is 0. The van der Waals surface area contributed by atoms with Gasteiger partial charge in [-0.3, -0.25) is 0 Å². The van der Waals surface area contributed by atoms with Gasteiger partial charge in [-0.15, -0.1) is 0 Å². The summed E-state index contributed by atoms with van der Waals surface area (Å²) in [5, 5.41) is 0. The van der Waals surface area contributed by atoms with Crippen LogP contribution in [-0.2, 0) is 0 Å². The molecule has 0 spiro atoms. The third-order valence-corrected chi connectivity index (χ3v) is 2.17. The molecule has 0 saturated carbocycles. The Labute approximate surface area is 89.4 Å². The molecule has 0 fully saturated rings. The number of allylic oxidation sites excluding steroid dienone is 6. The molecule has 0 heteroatoms. The van der Waals surface area contributed by atoms with Gasteiger partial charge in [-0.05, 0) is 31.8 Å². The maximum atomic E-state index is 2.32. The molecule has 0 aromatic heterocycles. The summed E-state index contributed by atoms with van der Waals surface area (Å²) in [5.41, 5.74) is 2.92. The van der Waals surface area contributed by atoms with Crippen molar-refractivity contribution >= 4 is 0 Å². The number of hydrogen-bond donors (Lipinski definition) is 0. The van der Waals surface area contributed by atoms with E-state index in [2.05, 4.69) is 52.0 Å². The average molecular weight is 192 g/mol. The van der Waals surface area contributed by atoms with Gasteiger partial charge in [-0.1, -0.05) is 57.1 Å². The first kappa shape index (κ1) is 13.2. The first-order chi connectivity index (χ1) is 6.74. The smallest absolute Gasteiger partial charge is 0.0307 e. The minimum Gasteiger partial charge on any atom is -0.0848 e. The summed E-state index contributed by atoms with van der Waals surface area (Å²) in [4.78, 5) is 0. The fourth-order valence-corrected chi connectivity index (χ4v) is 1.38. The minimum absolute atomic E-state index is 1.12. The zero-order valence-corrected chi connectivity index (χ0v) is 10.1. The monoisotopic (exact) mass is 192 g/mol. The molecule has 0 aromatic carbocycles. The standard InChI is InChI=1S/C14H24/c1-5-8-9-11-14(7-3)12-13(4)10-6-2/h8-9,11-12H,5-7,10H2,1-4H3/b9-8+,13-12+,14-11-. The van der Waals surface area contributed by atoms with Crippen molar-refractivity contribution < 1.29 is 0 Å². The molecule has 0 aromatic rings. The van der Waals surface area contributed by atoms with Gasteiger partial charge in [-0.25, -0.2) is 0 Å². The van der Waals surface area contributed by atoms with Crippen molar-refractivity contribution in [2.24, 2.45) is 0 Å². The largest absolute Gasteiger partial charge is 0.0848 e. The highest BCUT2D eigenvalue weighted by Gasteiger charge is 1.90. The van der Waals surface area contributed by atoms with Gasteiger partial charge in [0.05, 0.1) is 0 Å². The van der Waals surface area contributed by atoms with Crippen molar-refractivity contribution in [1.29, 1.82) is 0 Å². The summed E-state index contributed by atoms with van der Waals surface area (Å²) in [6.07, 6.45) is 13.6. The molecule has 0 bridgehead atoms. The molecule has 0 heterocycles. The average Bonchev–Trinajstić information content (AvgIpc) is 2.17. The molecule has 0 atom stereocenters. The lowest BCUT2D eigenvalue weighted by molar-refractivity contribution is 0.901. The normalized spacial score (nSPS) is 14.0. The van der Waals surface area contributed by atoms with Crippen LogP contribution < -0.4 is 0 Å². The van der Waals surface area contributed by atoms with Crippen LogP contribution in [0.3, 0.4) is 0 Å². The van der Waals surface area contributed by atoms with Crippen LogP contribution >= 0.6 is 0 Å². The van der Waals surface area contributed by atoms with Gasteiger partial charge in [0.2, 0.25) is 0 Å². The van der Waals surface area contributed by atoms with E-state index in [0.29, 0.717) is 0 Å². The van der Waals surface area contributed by atoms with E-state index in [4.69, 9.17) is 0 Å². The summed E-state index contributed by atoms with van der Waals surface area (Å²) in [6.45, 7) is 8.82. The second-order valence-corrected chi connectivity index (χ2v) is 3.67. The summed E-state index contributed by atoms with van der Waals surface area (Å²) in [7, 11) is 0. The first-order valence-corrected chi connectivity index (χ1v) is 5.77. The predicted molar refractivity (Wildman–Crippen MR) is 66.5 cm³/mol. The van der Waals surface area contributed by atoms with E-state index >= 15 is 0 Å². The summed E-state index contributed by atoms with van der Waals surface area (Å²) >= 11 is 0. The fourth-order valence-electron chi connectivity index (χ4n) is 1.38. The summed E-state index contributed by atoms with van der Waals surface area (Å²) in [5.74, 6) is 0. The maximum Gasteiger partial charge on any atom is -0.0307 e. The van der Waals surface area contributed by atoms with Crippen LogP contribution in [0.15, 0.2) is 35.5 Å². The molecule has 0 N–H and O–H groups in total. The molecule has 0 unspecified atom stereocenters. The van der Waals surface area contributed by atoms with E-state index < -0.39 is 0 Å². The van der Waals surface area contributed by atoms with E-state index in [1.807, 2.05) is 0 Å². The van der Waals surface area contributed by atoms with Gasteiger partial charge in [0, 0.05) is 0 Å². The van der Waals surface area contributed by atoms with E-state index in [1.165, 1.54) is 24.0 Å². The zero-order chi connectivity index (χ0) is 10.8. The molecule has 0 aliphatic heterocycles. The molecule has 0 radical (unpaired) electrons. The Balaban J connectivity index is 4.33. The highest BCUT2D eigenvalue weighted by atomic mass is 14.0. The van der Waals surface area contributed by atoms with Crippen molar-refractivity contribution in [1.82, 2.24) is 0 Å².